The molecule has 1 unspecified atom stereocenters. The summed E-state index contributed by atoms with van der Waals surface area (Å²) >= 11 is 0. The van der Waals surface area contributed by atoms with E-state index in [1.807, 2.05) is 6.92 Å². The molecule has 0 spiro atoms. The summed E-state index contributed by atoms with van der Waals surface area (Å²) in [4.78, 5) is 25.8. The smallest absolute Gasteiger partial charge is 0.260 e. The predicted octanol–water partition coefficient (Wildman–Crippen LogP) is 1.41. The van der Waals surface area contributed by atoms with Crippen molar-refractivity contribution in [3.05, 3.63) is 24.3 Å². The van der Waals surface area contributed by atoms with Crippen LogP contribution in [0.15, 0.2) is 24.3 Å². The summed E-state index contributed by atoms with van der Waals surface area (Å²) in [5.41, 5.74) is 6.22. The van der Waals surface area contributed by atoms with E-state index in [0.717, 1.165) is 0 Å². The Labute approximate surface area is 154 Å². The lowest BCUT2D eigenvalue weighted by atomic mass is 10.2. The molecule has 0 radical (unpaired) electrons. The van der Waals surface area contributed by atoms with Gasteiger partial charge in [0.25, 0.3) is 5.91 Å². The van der Waals surface area contributed by atoms with Crippen molar-refractivity contribution in [1.29, 1.82) is 0 Å². The summed E-state index contributed by atoms with van der Waals surface area (Å²) in [7, 11) is 0. The lowest BCUT2D eigenvalue weighted by Gasteiger charge is -2.26. The van der Waals surface area contributed by atoms with E-state index in [4.69, 9.17) is 15.2 Å². The fourth-order valence-electron chi connectivity index (χ4n) is 2.31. The average molecular weight is 372 g/mol. The van der Waals surface area contributed by atoms with Gasteiger partial charge in [0, 0.05) is 25.6 Å². The minimum Gasteiger partial charge on any atom is -0.482 e. The molecule has 1 saturated heterocycles. The number of ether oxygens (including phenoxy) is 2. The Morgan fingerprint density at radius 1 is 1.32 bits per heavy atom. The van der Waals surface area contributed by atoms with Crippen LogP contribution in [-0.4, -0.2) is 55.7 Å². The van der Waals surface area contributed by atoms with Gasteiger partial charge in [-0.15, -0.1) is 12.4 Å². The van der Waals surface area contributed by atoms with Crippen molar-refractivity contribution in [1.82, 2.24) is 4.90 Å². The number of carbonyl (C=O) groups is 2. The first-order chi connectivity index (χ1) is 11.6. The molecule has 2 amide bonds. The second-order valence-electron chi connectivity index (χ2n) is 5.84. The largest absolute Gasteiger partial charge is 0.482 e. The molecular weight excluding hydrogens is 346 g/mol. The number of halogens is 1. The van der Waals surface area contributed by atoms with Gasteiger partial charge in [-0.25, -0.2) is 0 Å². The monoisotopic (exact) mass is 371 g/mol. The normalized spacial score (nSPS) is 15.0. The molecule has 140 valence electrons. The topological polar surface area (TPSA) is 93.9 Å². The molecule has 7 nitrogen and oxygen atoms in total. The lowest BCUT2D eigenvalue weighted by Crippen LogP contribution is -2.43. The molecule has 8 heteroatoms. The summed E-state index contributed by atoms with van der Waals surface area (Å²) in [5.74, 6) is 0.271. The number of nitrogens with one attached hydrogen (secondary N) is 1. The molecule has 25 heavy (non-hydrogen) atoms. The van der Waals surface area contributed by atoms with Crippen LogP contribution in [0.2, 0.25) is 0 Å². The molecule has 1 atom stereocenters. The van der Waals surface area contributed by atoms with Crippen LogP contribution in [-0.2, 0) is 14.3 Å². The van der Waals surface area contributed by atoms with Gasteiger partial charge in [0.1, 0.15) is 5.75 Å². The van der Waals surface area contributed by atoms with E-state index in [1.54, 1.807) is 29.2 Å². The van der Waals surface area contributed by atoms with E-state index in [-0.39, 0.29) is 36.9 Å². The van der Waals surface area contributed by atoms with E-state index in [9.17, 15) is 9.59 Å². The number of rotatable bonds is 7. The van der Waals surface area contributed by atoms with Crippen LogP contribution in [0.25, 0.3) is 0 Å². The number of benzene rings is 1. The van der Waals surface area contributed by atoms with E-state index in [0.29, 0.717) is 50.6 Å². The maximum atomic E-state index is 12.1. The predicted molar refractivity (Wildman–Crippen MR) is 98.1 cm³/mol. The Bertz CT molecular complexity index is 563. The molecule has 1 aliphatic rings. The fraction of sp³-hybridized carbons (Fsp3) is 0.529. The SMILES string of the molecule is CC(N)CCC(=O)Nc1ccccc1OCC(=O)N1CCOCC1.Cl. The summed E-state index contributed by atoms with van der Waals surface area (Å²) < 4.78 is 10.8. The Balaban J connectivity index is 0.00000312. The number of hydrogen-bond acceptors (Lipinski definition) is 5. The number of morpholine rings is 1. The highest BCUT2D eigenvalue weighted by atomic mass is 35.5. The number of nitrogens with zero attached hydrogens (tertiary/aromatic N) is 1. The summed E-state index contributed by atoms with van der Waals surface area (Å²) in [6.45, 7) is 4.07. The van der Waals surface area contributed by atoms with Crippen molar-refractivity contribution < 1.29 is 19.1 Å². The van der Waals surface area contributed by atoms with Crippen LogP contribution in [0.4, 0.5) is 5.69 Å². The Hall–Kier alpha value is -1.83. The van der Waals surface area contributed by atoms with Gasteiger partial charge in [-0.3, -0.25) is 9.59 Å². The van der Waals surface area contributed by atoms with E-state index in [2.05, 4.69) is 5.32 Å². The molecule has 1 fully saturated rings. The average Bonchev–Trinajstić information content (AvgIpc) is 2.59. The fourth-order valence-corrected chi connectivity index (χ4v) is 2.31. The molecule has 0 bridgehead atoms. The maximum Gasteiger partial charge on any atom is 0.260 e. The third kappa shape index (κ3) is 7.29. The Morgan fingerprint density at radius 2 is 2.00 bits per heavy atom. The number of para-hydroxylation sites is 2. The maximum absolute atomic E-state index is 12.1. The zero-order chi connectivity index (χ0) is 17.4. The Morgan fingerprint density at radius 3 is 2.68 bits per heavy atom. The van der Waals surface area contributed by atoms with Crippen molar-refractivity contribution in [2.45, 2.75) is 25.8 Å². The van der Waals surface area contributed by atoms with Gasteiger partial charge in [-0.05, 0) is 25.5 Å². The van der Waals surface area contributed by atoms with E-state index >= 15 is 0 Å². The van der Waals surface area contributed by atoms with Crippen molar-refractivity contribution in [2.75, 3.05) is 38.2 Å². The highest BCUT2D eigenvalue weighted by molar-refractivity contribution is 5.92. The molecule has 1 aromatic rings. The van der Waals surface area contributed by atoms with Gasteiger partial charge in [-0.1, -0.05) is 12.1 Å². The highest BCUT2D eigenvalue weighted by Crippen LogP contribution is 2.24. The van der Waals surface area contributed by atoms with Gasteiger partial charge in [-0.2, -0.15) is 0 Å². The van der Waals surface area contributed by atoms with Crippen LogP contribution in [0.1, 0.15) is 19.8 Å². The van der Waals surface area contributed by atoms with Gasteiger partial charge in [0.05, 0.1) is 18.9 Å². The molecule has 1 aliphatic heterocycles. The Kier molecular flexibility index (Phi) is 9.26. The van der Waals surface area contributed by atoms with Crippen molar-refractivity contribution in [2.24, 2.45) is 5.73 Å². The van der Waals surface area contributed by atoms with Gasteiger partial charge in [0.15, 0.2) is 6.61 Å². The minimum absolute atomic E-state index is 0. The minimum atomic E-state index is -0.122. The molecule has 0 aliphatic carbocycles. The first kappa shape index (κ1) is 21.2. The van der Waals surface area contributed by atoms with E-state index in [1.165, 1.54) is 0 Å². The highest BCUT2D eigenvalue weighted by Gasteiger charge is 2.18. The number of anilines is 1. The number of carbonyl (C=O) groups excluding carboxylic acids is 2. The molecule has 0 saturated carbocycles. The third-order valence-corrected chi connectivity index (χ3v) is 3.70. The third-order valence-electron chi connectivity index (χ3n) is 3.70. The van der Waals surface area contributed by atoms with E-state index < -0.39 is 0 Å². The molecular formula is C17H26ClN3O4. The second-order valence-corrected chi connectivity index (χ2v) is 5.84. The number of nitrogens with two attached hydrogens (primary N) is 1. The molecule has 2 rings (SSSR count). The molecule has 1 heterocycles. The zero-order valence-electron chi connectivity index (χ0n) is 14.4. The van der Waals surface area contributed by atoms with Crippen LogP contribution in [0.3, 0.4) is 0 Å². The van der Waals surface area contributed by atoms with Crippen LogP contribution < -0.4 is 15.8 Å². The second kappa shape index (κ2) is 10.9. The van der Waals surface area contributed by atoms with Crippen molar-refractivity contribution in [3.63, 3.8) is 0 Å². The van der Waals surface area contributed by atoms with Crippen LogP contribution in [0.5, 0.6) is 5.75 Å². The molecule has 0 aromatic heterocycles. The standard InChI is InChI=1S/C17H25N3O4.ClH/c1-13(18)6-7-16(21)19-14-4-2-3-5-15(14)24-12-17(22)20-8-10-23-11-9-20;/h2-5,13H,6-12,18H2,1H3,(H,19,21);1H. The van der Waals surface area contributed by atoms with Gasteiger partial charge in [0.2, 0.25) is 5.91 Å². The first-order valence-electron chi connectivity index (χ1n) is 8.19. The first-order valence-corrected chi connectivity index (χ1v) is 8.19. The number of amides is 2. The van der Waals surface area contributed by atoms with Crippen molar-refractivity contribution in [3.8, 4) is 5.75 Å². The number of hydrogen-bond donors (Lipinski definition) is 2. The lowest BCUT2D eigenvalue weighted by molar-refractivity contribution is -0.137. The summed E-state index contributed by atoms with van der Waals surface area (Å²) in [5, 5.41) is 2.80. The van der Waals surface area contributed by atoms with Gasteiger partial charge >= 0.3 is 0 Å². The summed E-state index contributed by atoms with van der Waals surface area (Å²) in [6, 6.07) is 7.06. The van der Waals surface area contributed by atoms with Crippen LogP contribution >= 0.6 is 12.4 Å². The summed E-state index contributed by atoms with van der Waals surface area (Å²) in [6.07, 6.45) is 0.961. The zero-order valence-corrected chi connectivity index (χ0v) is 15.2. The molecule has 3 N–H and O–H groups in total. The van der Waals surface area contributed by atoms with Crippen LogP contribution in [0, 0.1) is 0 Å². The van der Waals surface area contributed by atoms with Crippen molar-refractivity contribution >= 4 is 29.9 Å². The van der Waals surface area contributed by atoms with Gasteiger partial charge < -0.3 is 25.4 Å². The quantitative estimate of drug-likeness (QED) is 0.755. The molecule has 1 aromatic carbocycles.